The number of nitrogens with zero attached hydrogens (tertiary/aromatic N) is 2. The summed E-state index contributed by atoms with van der Waals surface area (Å²) in [5.41, 5.74) is 6.33. The van der Waals surface area contributed by atoms with Gasteiger partial charge in [0.1, 0.15) is 11.3 Å². The molecule has 1 fully saturated rings. The van der Waals surface area contributed by atoms with Crippen molar-refractivity contribution < 1.29 is 8.78 Å². The number of hydrogen-bond donors (Lipinski definition) is 1. The van der Waals surface area contributed by atoms with E-state index in [-0.39, 0.29) is 17.0 Å². The lowest BCUT2D eigenvalue weighted by atomic mass is 10.00. The van der Waals surface area contributed by atoms with Crippen molar-refractivity contribution in [2.24, 2.45) is 0 Å². The average molecular weight is 251 g/mol. The van der Waals surface area contributed by atoms with Gasteiger partial charge in [-0.1, -0.05) is 12.8 Å². The molecule has 0 aliphatic heterocycles. The summed E-state index contributed by atoms with van der Waals surface area (Å²) in [7, 11) is 0. The molecule has 5 heteroatoms. The Kier molecular flexibility index (Phi) is 2.33. The van der Waals surface area contributed by atoms with E-state index in [0.29, 0.717) is 5.52 Å². The first-order valence-corrected chi connectivity index (χ1v) is 6.15. The van der Waals surface area contributed by atoms with E-state index in [1.54, 1.807) is 4.57 Å². The number of halogens is 2. The van der Waals surface area contributed by atoms with Crippen LogP contribution in [0.1, 0.15) is 32.6 Å². The van der Waals surface area contributed by atoms with Gasteiger partial charge in [0.05, 0.1) is 5.52 Å². The predicted octanol–water partition coefficient (Wildman–Crippen LogP) is 3.19. The van der Waals surface area contributed by atoms with E-state index < -0.39 is 11.6 Å². The molecule has 1 aliphatic rings. The minimum atomic E-state index is -0.656. The summed E-state index contributed by atoms with van der Waals surface area (Å²) in [5, 5.41) is 0. The molecule has 0 amide bonds. The van der Waals surface area contributed by atoms with E-state index in [4.69, 9.17) is 5.73 Å². The second-order valence-electron chi connectivity index (χ2n) is 5.26. The summed E-state index contributed by atoms with van der Waals surface area (Å²) < 4.78 is 28.9. The number of anilines is 1. The van der Waals surface area contributed by atoms with Gasteiger partial charge in [-0.05, 0) is 19.8 Å². The molecule has 0 unspecified atom stereocenters. The van der Waals surface area contributed by atoms with Crippen molar-refractivity contribution in [1.29, 1.82) is 0 Å². The Balaban J connectivity index is 2.31. The topological polar surface area (TPSA) is 43.8 Å². The summed E-state index contributed by atoms with van der Waals surface area (Å²) in [6.45, 7) is 2.07. The fraction of sp³-hybridized carbons (Fsp3) is 0.462. The van der Waals surface area contributed by atoms with Gasteiger partial charge in [0.15, 0.2) is 5.82 Å². The summed E-state index contributed by atoms with van der Waals surface area (Å²) in [6, 6.07) is 2.15. The van der Waals surface area contributed by atoms with Gasteiger partial charge >= 0.3 is 0 Å². The largest absolute Gasteiger partial charge is 0.369 e. The number of fused-ring (bicyclic) bond motifs is 1. The third-order valence-corrected chi connectivity index (χ3v) is 3.92. The molecule has 0 spiro atoms. The van der Waals surface area contributed by atoms with Crippen LogP contribution in [0.4, 0.5) is 14.7 Å². The minimum Gasteiger partial charge on any atom is -0.369 e. The van der Waals surface area contributed by atoms with E-state index in [1.807, 2.05) is 0 Å². The Morgan fingerprint density at radius 1 is 1.28 bits per heavy atom. The standard InChI is InChI=1S/C13H15F2N3/c1-13(4-2-3-5-13)18-10-7-8(14)6-9(15)11(10)17-12(18)16/h6-7H,2-5H2,1H3,(H2,16,17). The molecule has 18 heavy (non-hydrogen) atoms. The van der Waals surface area contributed by atoms with Crippen molar-refractivity contribution >= 4 is 17.0 Å². The highest BCUT2D eigenvalue weighted by Gasteiger charge is 2.34. The van der Waals surface area contributed by atoms with Crippen molar-refractivity contribution in [3.8, 4) is 0 Å². The van der Waals surface area contributed by atoms with Crippen molar-refractivity contribution in [1.82, 2.24) is 9.55 Å². The van der Waals surface area contributed by atoms with Crippen LogP contribution in [-0.4, -0.2) is 9.55 Å². The molecular weight excluding hydrogens is 236 g/mol. The number of rotatable bonds is 1. The van der Waals surface area contributed by atoms with Gasteiger partial charge in [-0.3, -0.25) is 0 Å². The van der Waals surface area contributed by atoms with Gasteiger partial charge in [0, 0.05) is 17.7 Å². The number of nitrogens with two attached hydrogens (primary N) is 1. The number of aromatic nitrogens is 2. The summed E-state index contributed by atoms with van der Waals surface area (Å²) >= 11 is 0. The van der Waals surface area contributed by atoms with Crippen LogP contribution in [0.2, 0.25) is 0 Å². The van der Waals surface area contributed by atoms with Crippen molar-refractivity contribution in [2.45, 2.75) is 38.1 Å². The molecule has 3 nitrogen and oxygen atoms in total. The lowest BCUT2D eigenvalue weighted by Crippen LogP contribution is -2.27. The monoisotopic (exact) mass is 251 g/mol. The van der Waals surface area contributed by atoms with Crippen LogP contribution >= 0.6 is 0 Å². The van der Waals surface area contributed by atoms with Gasteiger partial charge in [0.2, 0.25) is 5.95 Å². The summed E-state index contributed by atoms with van der Waals surface area (Å²) in [6.07, 6.45) is 4.13. The van der Waals surface area contributed by atoms with Crippen LogP contribution in [-0.2, 0) is 5.54 Å². The van der Waals surface area contributed by atoms with Gasteiger partial charge in [0.25, 0.3) is 0 Å². The second kappa shape index (κ2) is 3.67. The molecule has 1 aromatic carbocycles. The predicted molar refractivity (Wildman–Crippen MR) is 66.2 cm³/mol. The summed E-state index contributed by atoms with van der Waals surface area (Å²) in [4.78, 5) is 4.04. The molecular formula is C13H15F2N3. The Labute approximate surface area is 104 Å². The van der Waals surface area contributed by atoms with Crippen LogP contribution in [0.3, 0.4) is 0 Å². The highest BCUT2D eigenvalue weighted by atomic mass is 19.1. The van der Waals surface area contributed by atoms with Crippen LogP contribution < -0.4 is 5.73 Å². The first-order valence-electron chi connectivity index (χ1n) is 6.15. The Morgan fingerprint density at radius 3 is 2.61 bits per heavy atom. The zero-order chi connectivity index (χ0) is 12.9. The third kappa shape index (κ3) is 1.50. The molecule has 0 saturated heterocycles. The SMILES string of the molecule is CC1(n2c(N)nc3c(F)cc(F)cc32)CCCC1. The summed E-state index contributed by atoms with van der Waals surface area (Å²) in [5.74, 6) is -0.987. The zero-order valence-electron chi connectivity index (χ0n) is 10.2. The highest BCUT2D eigenvalue weighted by Crippen LogP contribution is 2.40. The van der Waals surface area contributed by atoms with Gasteiger partial charge in [-0.25, -0.2) is 13.8 Å². The maximum absolute atomic E-state index is 13.7. The van der Waals surface area contributed by atoms with E-state index >= 15 is 0 Å². The van der Waals surface area contributed by atoms with E-state index in [9.17, 15) is 8.78 Å². The first-order chi connectivity index (χ1) is 8.51. The first kappa shape index (κ1) is 11.4. The van der Waals surface area contributed by atoms with E-state index in [1.165, 1.54) is 6.07 Å². The van der Waals surface area contributed by atoms with Crippen molar-refractivity contribution in [3.05, 3.63) is 23.8 Å². The number of hydrogen-bond acceptors (Lipinski definition) is 2. The van der Waals surface area contributed by atoms with Gasteiger partial charge in [-0.2, -0.15) is 0 Å². The van der Waals surface area contributed by atoms with E-state index in [2.05, 4.69) is 11.9 Å². The van der Waals surface area contributed by atoms with Crippen LogP contribution in [0.15, 0.2) is 12.1 Å². The van der Waals surface area contributed by atoms with Gasteiger partial charge in [-0.15, -0.1) is 0 Å². The molecule has 1 heterocycles. The minimum absolute atomic E-state index is 0.155. The fourth-order valence-electron chi connectivity index (χ4n) is 3.05. The number of imidazole rings is 1. The quantitative estimate of drug-likeness (QED) is 0.845. The smallest absolute Gasteiger partial charge is 0.201 e. The van der Waals surface area contributed by atoms with Crippen LogP contribution in [0.5, 0.6) is 0 Å². The zero-order valence-corrected chi connectivity index (χ0v) is 10.2. The normalized spacial score (nSPS) is 18.6. The Morgan fingerprint density at radius 2 is 1.94 bits per heavy atom. The van der Waals surface area contributed by atoms with Gasteiger partial charge < -0.3 is 10.3 Å². The highest BCUT2D eigenvalue weighted by molar-refractivity contribution is 5.79. The molecule has 0 radical (unpaired) electrons. The number of benzene rings is 1. The third-order valence-electron chi connectivity index (χ3n) is 3.92. The average Bonchev–Trinajstić information content (AvgIpc) is 2.83. The van der Waals surface area contributed by atoms with E-state index in [0.717, 1.165) is 31.7 Å². The lowest BCUT2D eigenvalue weighted by Gasteiger charge is -2.27. The second-order valence-corrected chi connectivity index (χ2v) is 5.26. The molecule has 1 saturated carbocycles. The van der Waals surface area contributed by atoms with Crippen LogP contribution in [0, 0.1) is 11.6 Å². The molecule has 2 aromatic rings. The maximum atomic E-state index is 13.7. The van der Waals surface area contributed by atoms with Crippen molar-refractivity contribution in [2.75, 3.05) is 5.73 Å². The molecule has 3 rings (SSSR count). The molecule has 1 aliphatic carbocycles. The number of nitrogen functional groups attached to an aromatic ring is 1. The molecule has 0 bridgehead atoms. The Bertz CT molecular complexity index is 612. The lowest BCUT2D eigenvalue weighted by molar-refractivity contribution is 0.343. The Hall–Kier alpha value is -1.65. The molecule has 0 atom stereocenters. The van der Waals surface area contributed by atoms with Crippen LogP contribution in [0.25, 0.3) is 11.0 Å². The van der Waals surface area contributed by atoms with Crippen molar-refractivity contribution in [3.63, 3.8) is 0 Å². The molecule has 2 N–H and O–H groups in total. The molecule has 1 aromatic heterocycles. The maximum Gasteiger partial charge on any atom is 0.201 e. The fourth-order valence-corrected chi connectivity index (χ4v) is 3.05. The molecule has 96 valence electrons.